The lowest BCUT2D eigenvalue weighted by Crippen LogP contribution is -2.40. The summed E-state index contributed by atoms with van der Waals surface area (Å²) >= 11 is 0. The van der Waals surface area contributed by atoms with Crippen LogP contribution in [0.5, 0.6) is 0 Å². The van der Waals surface area contributed by atoms with Gasteiger partial charge in [0.2, 0.25) is 24.2 Å². The third kappa shape index (κ3) is 6.59. The molecule has 10 heteroatoms. The summed E-state index contributed by atoms with van der Waals surface area (Å²) in [6.45, 7) is -0.0477. The van der Waals surface area contributed by atoms with E-state index in [-0.39, 0.29) is 18.4 Å². The Morgan fingerprint density at radius 1 is 1.04 bits per heavy atom. The molecule has 28 heavy (non-hydrogen) atoms. The van der Waals surface area contributed by atoms with Crippen molar-refractivity contribution < 1.29 is 14.8 Å². The Hall–Kier alpha value is -2.49. The molecular formula is C18H29N7O3. The van der Waals surface area contributed by atoms with Gasteiger partial charge < -0.3 is 5.32 Å². The Labute approximate surface area is 164 Å². The molecule has 4 N–H and O–H groups in total. The van der Waals surface area contributed by atoms with Gasteiger partial charge in [-0.05, 0) is 25.7 Å². The predicted octanol–water partition coefficient (Wildman–Crippen LogP) is 1.64. The number of carbonyl (C=O) groups is 2. The molecule has 0 spiro atoms. The van der Waals surface area contributed by atoms with Crippen LogP contribution in [0, 0.1) is 5.92 Å². The van der Waals surface area contributed by atoms with E-state index in [0.717, 1.165) is 57.8 Å². The third-order valence-electron chi connectivity index (χ3n) is 4.99. The average Bonchev–Trinajstić information content (AvgIpc) is 3.50. The van der Waals surface area contributed by atoms with Crippen LogP contribution in [-0.4, -0.2) is 50.1 Å². The number of rotatable bonds is 5. The number of amides is 2. The molecule has 1 aliphatic heterocycles. The van der Waals surface area contributed by atoms with Gasteiger partial charge in [0.05, 0.1) is 12.5 Å². The molecule has 10 nitrogen and oxygen atoms in total. The van der Waals surface area contributed by atoms with Crippen LogP contribution in [0.4, 0.5) is 11.9 Å². The zero-order valence-corrected chi connectivity index (χ0v) is 16.1. The van der Waals surface area contributed by atoms with Crippen molar-refractivity contribution in [2.24, 2.45) is 5.92 Å². The highest BCUT2D eigenvalue weighted by molar-refractivity contribution is 5.80. The van der Waals surface area contributed by atoms with Gasteiger partial charge in [-0.3, -0.25) is 25.6 Å². The van der Waals surface area contributed by atoms with E-state index in [1.165, 1.54) is 0 Å². The maximum absolute atomic E-state index is 12.6. The molecule has 3 rings (SSSR count). The Morgan fingerprint density at radius 3 is 2.54 bits per heavy atom. The van der Waals surface area contributed by atoms with Crippen molar-refractivity contribution in [3.05, 3.63) is 5.82 Å². The molecule has 2 amide bonds. The minimum Gasteiger partial charge on any atom is -0.351 e. The van der Waals surface area contributed by atoms with Crippen LogP contribution in [0.1, 0.15) is 63.6 Å². The summed E-state index contributed by atoms with van der Waals surface area (Å²) < 4.78 is 0. The Kier molecular flexibility index (Phi) is 7.35. The van der Waals surface area contributed by atoms with Gasteiger partial charge in [0.25, 0.3) is 0 Å². The Balaban J connectivity index is 1.71. The minimum atomic E-state index is -0.516. The number of hydroxylamine groups is 2. The van der Waals surface area contributed by atoms with E-state index in [0.29, 0.717) is 35.7 Å². The highest BCUT2D eigenvalue weighted by Crippen LogP contribution is 2.23. The van der Waals surface area contributed by atoms with Gasteiger partial charge in [-0.1, -0.05) is 32.1 Å². The van der Waals surface area contributed by atoms with Gasteiger partial charge in [0, 0.05) is 12.5 Å². The van der Waals surface area contributed by atoms with E-state index in [1.807, 2.05) is 0 Å². The lowest BCUT2D eigenvalue weighted by molar-refractivity contribution is -0.154. The van der Waals surface area contributed by atoms with Crippen LogP contribution in [0.2, 0.25) is 0 Å². The number of hydrogen-bond acceptors (Lipinski definition) is 8. The number of aromatic nitrogens is 3. The largest absolute Gasteiger partial charge is 0.351 e. The predicted molar refractivity (Wildman–Crippen MR) is 102 cm³/mol. The van der Waals surface area contributed by atoms with E-state index in [2.05, 4.69) is 31.1 Å². The van der Waals surface area contributed by atoms with Crippen molar-refractivity contribution in [3.63, 3.8) is 0 Å². The molecule has 0 aromatic carbocycles. The van der Waals surface area contributed by atoms with Crippen LogP contribution in [-0.2, 0) is 16.0 Å². The number of nitrogens with one attached hydrogen (secondary N) is 3. The molecule has 1 fully saturated rings. The molecule has 1 atom stereocenters. The number of nitrogens with zero attached hydrogens (tertiary/aromatic N) is 4. The second-order valence-corrected chi connectivity index (χ2v) is 7.52. The van der Waals surface area contributed by atoms with Crippen LogP contribution in [0.25, 0.3) is 0 Å². The fourth-order valence-electron chi connectivity index (χ4n) is 3.24. The molecule has 1 aromatic rings. The fraction of sp³-hybridized carbons (Fsp3) is 0.722. The quantitative estimate of drug-likeness (QED) is 0.338. The number of anilines is 2. The number of hydrogen-bond donors (Lipinski definition) is 4. The number of aryl methyl sites for hydroxylation is 1. The van der Waals surface area contributed by atoms with Gasteiger partial charge >= 0.3 is 0 Å². The first kappa shape index (κ1) is 20.2. The third-order valence-corrected chi connectivity index (χ3v) is 4.99. The minimum absolute atomic E-state index is 0.0477. The molecule has 0 radical (unpaired) electrons. The fourth-order valence-corrected chi connectivity index (χ4v) is 3.24. The molecular weight excluding hydrogens is 362 g/mol. The monoisotopic (exact) mass is 391 g/mol. The Morgan fingerprint density at radius 2 is 1.79 bits per heavy atom. The lowest BCUT2D eigenvalue weighted by Gasteiger charge is -2.19. The highest BCUT2D eigenvalue weighted by Gasteiger charge is 2.23. The summed E-state index contributed by atoms with van der Waals surface area (Å²) in [5.74, 6) is 0.676. The summed E-state index contributed by atoms with van der Waals surface area (Å²) in [5.41, 5.74) is 5.38. The van der Waals surface area contributed by atoms with E-state index < -0.39 is 5.92 Å². The van der Waals surface area contributed by atoms with Gasteiger partial charge in [-0.25, -0.2) is 5.06 Å². The van der Waals surface area contributed by atoms with Gasteiger partial charge in [0.1, 0.15) is 5.82 Å². The van der Waals surface area contributed by atoms with Gasteiger partial charge in [-0.2, -0.15) is 15.0 Å². The summed E-state index contributed by atoms with van der Waals surface area (Å²) in [4.78, 5) is 36.5. The summed E-state index contributed by atoms with van der Waals surface area (Å²) in [7, 11) is 0. The molecule has 154 valence electrons. The smallest absolute Gasteiger partial charge is 0.246 e. The summed E-state index contributed by atoms with van der Waals surface area (Å²) in [5, 5.41) is 13.3. The molecule has 2 heterocycles. The van der Waals surface area contributed by atoms with E-state index in [9.17, 15) is 14.8 Å². The van der Waals surface area contributed by atoms with Crippen molar-refractivity contribution in [1.82, 2.24) is 25.4 Å². The maximum Gasteiger partial charge on any atom is 0.246 e. The van der Waals surface area contributed by atoms with Crippen molar-refractivity contribution in [3.8, 4) is 0 Å². The molecule has 0 saturated heterocycles. The molecule has 0 unspecified atom stereocenters. The molecule has 1 aliphatic carbocycles. The zero-order valence-electron chi connectivity index (χ0n) is 16.1. The zero-order chi connectivity index (χ0) is 19.8. The van der Waals surface area contributed by atoms with Crippen molar-refractivity contribution in [2.75, 3.05) is 17.3 Å². The highest BCUT2D eigenvalue weighted by atomic mass is 16.5. The first-order valence-electron chi connectivity index (χ1n) is 10.1. The summed E-state index contributed by atoms with van der Waals surface area (Å²) in [6, 6.07) is 0.412. The maximum atomic E-state index is 12.6. The second-order valence-electron chi connectivity index (χ2n) is 7.52. The van der Waals surface area contributed by atoms with Crippen LogP contribution >= 0.6 is 0 Å². The van der Waals surface area contributed by atoms with Crippen molar-refractivity contribution >= 4 is 24.2 Å². The van der Waals surface area contributed by atoms with E-state index >= 15 is 0 Å². The molecule has 2 bridgehead atoms. The number of hydrazine groups is 1. The first-order chi connectivity index (χ1) is 13.6. The second kappa shape index (κ2) is 10.2. The standard InChI is InChI=1S/C18H29N7O3/c26-12-25(28)11-13-7-5-3-1-2-4-6-8-15-20-17(19-14-9-10-14)22-18(21-15)24-23-16(13)27/h12-14,28H,1-11H2,(H,23,27)(H2,19,20,21,22,24)/t13-/m1/s1. The molecule has 1 aromatic heterocycles. The van der Waals surface area contributed by atoms with Crippen LogP contribution in [0.15, 0.2) is 0 Å². The van der Waals surface area contributed by atoms with Gasteiger partial charge in [0.15, 0.2) is 0 Å². The topological polar surface area (TPSA) is 132 Å². The van der Waals surface area contributed by atoms with E-state index in [1.54, 1.807) is 0 Å². The van der Waals surface area contributed by atoms with Crippen LogP contribution < -0.4 is 16.2 Å². The normalized spacial score (nSPS) is 21.5. The number of fused-ring (bicyclic) bond motifs is 2. The van der Waals surface area contributed by atoms with Crippen molar-refractivity contribution in [2.45, 2.75) is 70.3 Å². The number of carbonyl (C=O) groups excluding carboxylic acids is 2. The average molecular weight is 391 g/mol. The molecule has 1 saturated carbocycles. The van der Waals surface area contributed by atoms with Crippen LogP contribution in [0.3, 0.4) is 0 Å². The van der Waals surface area contributed by atoms with Crippen molar-refractivity contribution in [1.29, 1.82) is 0 Å². The Bertz CT molecular complexity index is 669. The molecule has 2 aliphatic rings. The van der Waals surface area contributed by atoms with E-state index in [4.69, 9.17) is 0 Å². The lowest BCUT2D eigenvalue weighted by atomic mass is 9.99. The summed E-state index contributed by atoms with van der Waals surface area (Å²) in [6.07, 6.45) is 10.1. The van der Waals surface area contributed by atoms with Gasteiger partial charge in [-0.15, -0.1) is 0 Å². The first-order valence-corrected chi connectivity index (χ1v) is 10.1. The SMILES string of the molecule is O=CN(O)C[C@H]1CCCCCCCCc2nc(nc(NC3CC3)n2)NNC1=O.